The highest BCUT2D eigenvalue weighted by atomic mass is 14.6. The van der Waals surface area contributed by atoms with E-state index in [0.29, 0.717) is 5.41 Å². The topological polar surface area (TPSA) is 0 Å². The number of benzene rings is 1. The van der Waals surface area contributed by atoms with Crippen molar-refractivity contribution in [1.82, 2.24) is 0 Å². The fourth-order valence-electron chi connectivity index (χ4n) is 4.07. The van der Waals surface area contributed by atoms with E-state index in [0.717, 1.165) is 0 Å². The van der Waals surface area contributed by atoms with Crippen LogP contribution >= 0.6 is 0 Å². The number of hydrogen-bond acceptors (Lipinski definition) is 0. The van der Waals surface area contributed by atoms with Crippen molar-refractivity contribution < 1.29 is 0 Å². The standard InChI is InChI=1S/C15H16/c1-2-7-12-11(5-1)6-4-10-15(12)13-8-3-9-14(13)15/h1-2,5,7H,3-4,6,8-10H2. The van der Waals surface area contributed by atoms with Crippen molar-refractivity contribution in [2.24, 2.45) is 0 Å². The second kappa shape index (κ2) is 2.55. The molecule has 0 N–H and O–H groups in total. The molecule has 0 amide bonds. The maximum absolute atomic E-state index is 2.38. The summed E-state index contributed by atoms with van der Waals surface area (Å²) in [5, 5.41) is 0. The predicted octanol–water partition coefficient (Wildman–Crippen LogP) is 3.75. The Kier molecular flexibility index (Phi) is 1.39. The Morgan fingerprint density at radius 3 is 2.53 bits per heavy atom. The van der Waals surface area contributed by atoms with E-state index in [1.807, 2.05) is 11.1 Å². The zero-order valence-electron chi connectivity index (χ0n) is 9.05. The minimum atomic E-state index is 0.507. The highest BCUT2D eigenvalue weighted by Gasteiger charge is 2.56. The van der Waals surface area contributed by atoms with Crippen LogP contribution in [0, 0.1) is 0 Å². The van der Waals surface area contributed by atoms with Crippen LogP contribution in [0.25, 0.3) is 0 Å². The van der Waals surface area contributed by atoms with Gasteiger partial charge in [0.15, 0.2) is 0 Å². The van der Waals surface area contributed by atoms with E-state index in [-0.39, 0.29) is 0 Å². The smallest absolute Gasteiger partial charge is 0.0379 e. The number of rotatable bonds is 0. The van der Waals surface area contributed by atoms with Gasteiger partial charge in [-0.25, -0.2) is 0 Å². The molecule has 0 saturated heterocycles. The first-order valence-electron chi connectivity index (χ1n) is 6.24. The lowest BCUT2D eigenvalue weighted by Gasteiger charge is -2.30. The van der Waals surface area contributed by atoms with Gasteiger partial charge in [0.1, 0.15) is 0 Å². The summed E-state index contributed by atoms with van der Waals surface area (Å²) in [6, 6.07) is 9.14. The third kappa shape index (κ3) is 0.844. The van der Waals surface area contributed by atoms with E-state index in [1.165, 1.54) is 38.5 Å². The Morgan fingerprint density at radius 1 is 0.867 bits per heavy atom. The lowest BCUT2D eigenvalue weighted by molar-refractivity contribution is 0.518. The van der Waals surface area contributed by atoms with Crippen molar-refractivity contribution in [2.75, 3.05) is 0 Å². The highest BCUT2D eigenvalue weighted by Crippen LogP contribution is 2.66. The first-order valence-corrected chi connectivity index (χ1v) is 6.24. The summed E-state index contributed by atoms with van der Waals surface area (Å²) < 4.78 is 0. The van der Waals surface area contributed by atoms with Crippen LogP contribution in [0.3, 0.4) is 0 Å². The lowest BCUT2D eigenvalue weighted by atomic mass is 9.73. The molecule has 1 aromatic carbocycles. The zero-order valence-corrected chi connectivity index (χ0v) is 9.05. The molecule has 0 unspecified atom stereocenters. The third-order valence-electron chi connectivity index (χ3n) is 4.66. The van der Waals surface area contributed by atoms with Crippen LogP contribution in [0.2, 0.25) is 0 Å². The maximum Gasteiger partial charge on any atom is 0.0379 e. The Bertz CT molecular complexity index is 451. The molecule has 0 heteroatoms. The molecule has 0 bridgehead atoms. The van der Waals surface area contributed by atoms with Crippen molar-refractivity contribution in [1.29, 1.82) is 0 Å². The zero-order chi connectivity index (χ0) is 9.88. The average Bonchev–Trinajstić information content (AvgIpc) is 2.69. The van der Waals surface area contributed by atoms with Crippen molar-refractivity contribution in [3.8, 4) is 0 Å². The van der Waals surface area contributed by atoms with E-state index in [4.69, 9.17) is 0 Å². The molecule has 76 valence electrons. The van der Waals surface area contributed by atoms with Gasteiger partial charge in [0.25, 0.3) is 0 Å². The molecule has 1 spiro atoms. The fraction of sp³-hybridized carbons (Fsp3) is 0.467. The van der Waals surface area contributed by atoms with Crippen LogP contribution in [0.4, 0.5) is 0 Å². The van der Waals surface area contributed by atoms with Gasteiger partial charge in [-0.2, -0.15) is 0 Å². The van der Waals surface area contributed by atoms with Crippen LogP contribution < -0.4 is 0 Å². The average molecular weight is 196 g/mol. The predicted molar refractivity (Wildman–Crippen MR) is 61.9 cm³/mol. The van der Waals surface area contributed by atoms with Crippen molar-refractivity contribution in [3.63, 3.8) is 0 Å². The Balaban J connectivity index is 1.86. The molecule has 3 aliphatic carbocycles. The normalized spacial score (nSPS) is 25.3. The lowest BCUT2D eigenvalue weighted by Crippen LogP contribution is -2.22. The van der Waals surface area contributed by atoms with Crippen LogP contribution in [-0.2, 0) is 11.8 Å². The van der Waals surface area contributed by atoms with Gasteiger partial charge in [-0.1, -0.05) is 35.4 Å². The molecular weight excluding hydrogens is 180 g/mol. The summed E-state index contributed by atoms with van der Waals surface area (Å²) in [5.74, 6) is 0. The maximum atomic E-state index is 2.38. The first kappa shape index (κ1) is 8.15. The molecule has 0 aliphatic heterocycles. The van der Waals surface area contributed by atoms with Gasteiger partial charge in [-0.3, -0.25) is 0 Å². The molecular formula is C15H16. The monoisotopic (exact) mass is 196 g/mol. The molecule has 0 fully saturated rings. The van der Waals surface area contributed by atoms with Crippen LogP contribution in [-0.4, -0.2) is 0 Å². The molecule has 3 aliphatic rings. The summed E-state index contributed by atoms with van der Waals surface area (Å²) >= 11 is 0. The minimum Gasteiger partial charge on any atom is -0.0620 e. The van der Waals surface area contributed by atoms with Crippen LogP contribution in [0.15, 0.2) is 35.4 Å². The third-order valence-corrected chi connectivity index (χ3v) is 4.66. The van der Waals surface area contributed by atoms with Gasteiger partial charge in [0.2, 0.25) is 0 Å². The van der Waals surface area contributed by atoms with Crippen molar-refractivity contribution >= 4 is 0 Å². The number of hydrogen-bond donors (Lipinski definition) is 0. The van der Waals surface area contributed by atoms with E-state index in [2.05, 4.69) is 24.3 Å². The number of aryl methyl sites for hydroxylation is 1. The molecule has 1 aromatic rings. The van der Waals surface area contributed by atoms with Gasteiger partial charge in [0.05, 0.1) is 0 Å². The molecule has 15 heavy (non-hydrogen) atoms. The van der Waals surface area contributed by atoms with Gasteiger partial charge < -0.3 is 0 Å². The number of fused-ring (bicyclic) bond motifs is 4. The Hall–Kier alpha value is -1.04. The van der Waals surface area contributed by atoms with Gasteiger partial charge in [-0.15, -0.1) is 0 Å². The molecule has 0 atom stereocenters. The van der Waals surface area contributed by atoms with E-state index in [1.54, 1.807) is 11.1 Å². The summed E-state index contributed by atoms with van der Waals surface area (Å²) in [6.07, 6.45) is 8.32. The SMILES string of the molecule is c1ccc2c(c1)CCCC21C2=C1CCC2. The molecule has 0 heterocycles. The Morgan fingerprint density at radius 2 is 1.67 bits per heavy atom. The highest BCUT2D eigenvalue weighted by molar-refractivity contribution is 5.66. The largest absolute Gasteiger partial charge is 0.0620 e. The molecule has 0 nitrogen and oxygen atoms in total. The molecule has 4 rings (SSSR count). The first-order chi connectivity index (χ1) is 7.43. The van der Waals surface area contributed by atoms with Crippen molar-refractivity contribution in [3.05, 3.63) is 46.5 Å². The summed E-state index contributed by atoms with van der Waals surface area (Å²) in [4.78, 5) is 0. The Labute approximate surface area is 91.0 Å². The van der Waals surface area contributed by atoms with E-state index >= 15 is 0 Å². The molecule has 0 radical (unpaired) electrons. The summed E-state index contributed by atoms with van der Waals surface area (Å²) in [5.41, 5.74) is 7.45. The van der Waals surface area contributed by atoms with Crippen molar-refractivity contribution in [2.45, 2.75) is 43.9 Å². The summed E-state index contributed by atoms with van der Waals surface area (Å²) in [7, 11) is 0. The minimum absolute atomic E-state index is 0.507. The van der Waals surface area contributed by atoms with Crippen LogP contribution in [0.5, 0.6) is 0 Å². The second-order valence-electron chi connectivity index (χ2n) is 5.23. The van der Waals surface area contributed by atoms with E-state index < -0.39 is 0 Å². The van der Waals surface area contributed by atoms with Gasteiger partial charge >= 0.3 is 0 Å². The van der Waals surface area contributed by atoms with E-state index in [9.17, 15) is 0 Å². The summed E-state index contributed by atoms with van der Waals surface area (Å²) in [6.45, 7) is 0. The molecule has 0 aromatic heterocycles. The van der Waals surface area contributed by atoms with Crippen LogP contribution in [0.1, 0.15) is 43.2 Å². The fourth-order valence-corrected chi connectivity index (χ4v) is 4.07. The molecule has 0 saturated carbocycles. The van der Waals surface area contributed by atoms with Gasteiger partial charge in [-0.05, 0) is 49.7 Å². The second-order valence-corrected chi connectivity index (χ2v) is 5.23. The number of allylic oxidation sites excluding steroid dienone is 2. The van der Waals surface area contributed by atoms with Gasteiger partial charge in [0, 0.05) is 5.41 Å². The quantitative estimate of drug-likeness (QED) is 0.554.